The van der Waals surface area contributed by atoms with Gasteiger partial charge in [-0.1, -0.05) is 11.6 Å². The van der Waals surface area contributed by atoms with Gasteiger partial charge in [0.15, 0.2) is 11.3 Å². The Hall–Kier alpha value is -1.19. The van der Waals surface area contributed by atoms with Gasteiger partial charge in [0.25, 0.3) is 0 Å². The Labute approximate surface area is 79.7 Å². The van der Waals surface area contributed by atoms with Gasteiger partial charge in [-0.2, -0.15) is 0 Å². The first-order valence-electron chi connectivity index (χ1n) is 3.81. The minimum Gasteiger partial charge on any atom is -0.504 e. The van der Waals surface area contributed by atoms with Crippen molar-refractivity contribution in [1.29, 1.82) is 0 Å². The van der Waals surface area contributed by atoms with E-state index in [-0.39, 0.29) is 5.75 Å². The van der Waals surface area contributed by atoms with E-state index in [1.165, 1.54) is 6.07 Å². The van der Waals surface area contributed by atoms with Gasteiger partial charge in [-0.25, -0.2) is 0 Å². The maximum absolute atomic E-state index is 9.44. The Balaban J connectivity index is 2.75. The van der Waals surface area contributed by atoms with Crippen molar-refractivity contribution in [2.24, 2.45) is 5.73 Å². The third-order valence-electron chi connectivity index (χ3n) is 1.81. The van der Waals surface area contributed by atoms with Crippen LogP contribution in [-0.4, -0.2) is 5.11 Å². The molecule has 0 saturated carbocycles. The fourth-order valence-corrected chi connectivity index (χ4v) is 1.47. The van der Waals surface area contributed by atoms with E-state index in [2.05, 4.69) is 0 Å². The van der Waals surface area contributed by atoms with Gasteiger partial charge in [0.05, 0.1) is 6.54 Å². The van der Waals surface area contributed by atoms with Crippen LogP contribution < -0.4 is 5.73 Å². The highest BCUT2D eigenvalue weighted by Crippen LogP contribution is 2.31. The predicted octanol–water partition coefficient (Wildman–Crippen LogP) is 2.25. The molecule has 0 unspecified atom stereocenters. The van der Waals surface area contributed by atoms with Gasteiger partial charge in [0.2, 0.25) is 0 Å². The molecule has 0 aliphatic carbocycles. The lowest BCUT2D eigenvalue weighted by atomic mass is 10.2. The zero-order valence-corrected chi connectivity index (χ0v) is 7.51. The van der Waals surface area contributed by atoms with Crippen molar-refractivity contribution in [2.75, 3.05) is 0 Å². The molecule has 3 N–H and O–H groups in total. The maximum atomic E-state index is 9.44. The van der Waals surface area contributed by atoms with Crippen LogP contribution in [-0.2, 0) is 6.54 Å². The van der Waals surface area contributed by atoms with E-state index in [1.54, 1.807) is 12.1 Å². The fraction of sp³-hybridized carbons (Fsp3) is 0.111. The second kappa shape index (κ2) is 2.94. The molecule has 0 spiro atoms. The van der Waals surface area contributed by atoms with Crippen LogP contribution in [0.1, 0.15) is 5.76 Å². The van der Waals surface area contributed by atoms with Gasteiger partial charge in [-0.3, -0.25) is 0 Å². The van der Waals surface area contributed by atoms with Gasteiger partial charge < -0.3 is 15.3 Å². The first-order valence-corrected chi connectivity index (χ1v) is 4.19. The number of hydrogen-bond acceptors (Lipinski definition) is 3. The van der Waals surface area contributed by atoms with Crippen LogP contribution in [0.4, 0.5) is 0 Å². The van der Waals surface area contributed by atoms with Gasteiger partial charge in [-0.15, -0.1) is 0 Å². The number of fused-ring (bicyclic) bond motifs is 1. The van der Waals surface area contributed by atoms with E-state index in [1.807, 2.05) is 0 Å². The molecular weight excluding hydrogens is 190 g/mol. The summed E-state index contributed by atoms with van der Waals surface area (Å²) in [7, 11) is 0. The van der Waals surface area contributed by atoms with Crippen molar-refractivity contribution in [3.8, 4) is 5.75 Å². The number of hydrogen-bond donors (Lipinski definition) is 2. The Morgan fingerprint density at radius 3 is 2.85 bits per heavy atom. The first-order chi connectivity index (χ1) is 6.20. The van der Waals surface area contributed by atoms with E-state index in [0.717, 1.165) is 5.39 Å². The van der Waals surface area contributed by atoms with Crippen LogP contribution >= 0.6 is 11.6 Å². The van der Waals surface area contributed by atoms with E-state index in [0.29, 0.717) is 22.9 Å². The van der Waals surface area contributed by atoms with Crippen molar-refractivity contribution in [3.05, 3.63) is 29.0 Å². The van der Waals surface area contributed by atoms with E-state index in [4.69, 9.17) is 21.8 Å². The molecule has 0 amide bonds. The van der Waals surface area contributed by atoms with Crippen LogP contribution in [0.5, 0.6) is 5.75 Å². The average Bonchev–Trinajstić information content (AvgIpc) is 2.47. The molecule has 2 aromatic rings. The normalized spacial score (nSPS) is 10.9. The highest BCUT2D eigenvalue weighted by molar-refractivity contribution is 6.31. The highest BCUT2D eigenvalue weighted by atomic mass is 35.5. The van der Waals surface area contributed by atoms with Crippen LogP contribution in [0.2, 0.25) is 5.02 Å². The monoisotopic (exact) mass is 197 g/mol. The number of phenolic OH excluding ortho intramolecular Hbond substituents is 1. The summed E-state index contributed by atoms with van der Waals surface area (Å²) in [6.45, 7) is 0.311. The molecule has 0 aliphatic heterocycles. The maximum Gasteiger partial charge on any atom is 0.176 e. The molecule has 0 aliphatic rings. The zero-order valence-electron chi connectivity index (χ0n) is 6.75. The van der Waals surface area contributed by atoms with Gasteiger partial charge in [0.1, 0.15) is 5.76 Å². The zero-order chi connectivity index (χ0) is 9.42. The second-order valence-corrected chi connectivity index (χ2v) is 3.20. The van der Waals surface area contributed by atoms with Crippen molar-refractivity contribution in [2.45, 2.75) is 6.54 Å². The van der Waals surface area contributed by atoms with E-state index >= 15 is 0 Å². The minimum absolute atomic E-state index is 0.0437. The SMILES string of the molecule is NCc1cc2cc(Cl)cc(O)c2o1. The second-order valence-electron chi connectivity index (χ2n) is 2.76. The quantitative estimate of drug-likeness (QED) is 0.737. The lowest BCUT2D eigenvalue weighted by molar-refractivity contribution is 0.458. The molecular formula is C9H8ClNO2. The predicted molar refractivity (Wildman–Crippen MR) is 50.8 cm³/mol. The largest absolute Gasteiger partial charge is 0.504 e. The Morgan fingerprint density at radius 2 is 2.15 bits per heavy atom. The molecule has 0 radical (unpaired) electrons. The molecule has 0 saturated heterocycles. The fourth-order valence-electron chi connectivity index (χ4n) is 1.25. The molecule has 0 fully saturated rings. The topological polar surface area (TPSA) is 59.4 Å². The summed E-state index contributed by atoms with van der Waals surface area (Å²) in [5.74, 6) is 0.676. The van der Waals surface area contributed by atoms with E-state index < -0.39 is 0 Å². The lowest BCUT2D eigenvalue weighted by Gasteiger charge is -1.93. The standard InChI is InChI=1S/C9H8ClNO2/c10-6-1-5-2-7(4-11)13-9(5)8(12)3-6/h1-3,12H,4,11H2. The van der Waals surface area contributed by atoms with Crippen molar-refractivity contribution >= 4 is 22.6 Å². The van der Waals surface area contributed by atoms with Crippen LogP contribution in [0, 0.1) is 0 Å². The minimum atomic E-state index is 0.0437. The third-order valence-corrected chi connectivity index (χ3v) is 2.03. The lowest BCUT2D eigenvalue weighted by Crippen LogP contribution is -1.92. The molecule has 2 rings (SSSR count). The Kier molecular flexibility index (Phi) is 1.90. The number of benzene rings is 1. The van der Waals surface area contributed by atoms with Crippen molar-refractivity contribution in [1.82, 2.24) is 0 Å². The molecule has 4 heteroatoms. The number of furan rings is 1. The summed E-state index contributed by atoms with van der Waals surface area (Å²) in [5, 5.41) is 10.7. The summed E-state index contributed by atoms with van der Waals surface area (Å²) < 4.78 is 5.27. The number of phenols is 1. The summed E-state index contributed by atoms with van der Waals surface area (Å²) in [5.41, 5.74) is 5.83. The highest BCUT2D eigenvalue weighted by Gasteiger charge is 2.07. The van der Waals surface area contributed by atoms with Gasteiger partial charge in [0, 0.05) is 16.5 Å². The molecule has 3 nitrogen and oxygen atoms in total. The Bertz CT molecular complexity index is 450. The summed E-state index contributed by atoms with van der Waals surface area (Å²) in [4.78, 5) is 0. The van der Waals surface area contributed by atoms with Gasteiger partial charge in [-0.05, 0) is 12.1 Å². The summed E-state index contributed by atoms with van der Waals surface area (Å²) in [6, 6.07) is 4.92. The van der Waals surface area contributed by atoms with Crippen LogP contribution in [0.25, 0.3) is 11.0 Å². The van der Waals surface area contributed by atoms with Crippen molar-refractivity contribution < 1.29 is 9.52 Å². The molecule has 1 aromatic heterocycles. The molecule has 0 atom stereocenters. The van der Waals surface area contributed by atoms with Crippen molar-refractivity contribution in [3.63, 3.8) is 0 Å². The molecule has 0 bridgehead atoms. The number of rotatable bonds is 1. The van der Waals surface area contributed by atoms with Crippen LogP contribution in [0.3, 0.4) is 0 Å². The van der Waals surface area contributed by atoms with E-state index in [9.17, 15) is 5.11 Å². The van der Waals surface area contributed by atoms with Gasteiger partial charge >= 0.3 is 0 Å². The number of halogens is 1. The number of nitrogens with two attached hydrogens (primary N) is 1. The smallest absolute Gasteiger partial charge is 0.176 e. The number of aromatic hydroxyl groups is 1. The summed E-state index contributed by atoms with van der Waals surface area (Å²) >= 11 is 5.74. The molecule has 13 heavy (non-hydrogen) atoms. The third kappa shape index (κ3) is 1.36. The Morgan fingerprint density at radius 1 is 1.38 bits per heavy atom. The summed E-state index contributed by atoms with van der Waals surface area (Å²) in [6.07, 6.45) is 0. The molecule has 1 aromatic carbocycles. The molecule has 1 heterocycles. The average molecular weight is 198 g/mol. The van der Waals surface area contributed by atoms with Crippen LogP contribution in [0.15, 0.2) is 22.6 Å². The molecule has 68 valence electrons. The first kappa shape index (κ1) is 8.41.